The van der Waals surface area contributed by atoms with Crippen LogP contribution in [0.4, 0.5) is 10.8 Å². The molecule has 0 fully saturated rings. The normalized spacial score (nSPS) is 9.88. The Bertz CT molecular complexity index is 573. The van der Waals surface area contributed by atoms with Gasteiger partial charge in [-0.05, 0) is 23.2 Å². The van der Waals surface area contributed by atoms with E-state index in [0.29, 0.717) is 22.1 Å². The van der Waals surface area contributed by atoms with E-state index in [9.17, 15) is 0 Å². The highest BCUT2D eigenvalue weighted by Crippen LogP contribution is 2.26. The van der Waals surface area contributed by atoms with Crippen LogP contribution < -0.4 is 11.1 Å². The van der Waals surface area contributed by atoms with Crippen molar-refractivity contribution in [3.63, 3.8) is 0 Å². The van der Waals surface area contributed by atoms with Gasteiger partial charge in [0.1, 0.15) is 16.6 Å². The second-order valence-corrected chi connectivity index (χ2v) is 4.51. The minimum atomic E-state index is 0.263. The predicted molar refractivity (Wildman–Crippen MR) is 70.0 cm³/mol. The van der Waals surface area contributed by atoms with Gasteiger partial charge in [0.2, 0.25) is 0 Å². The molecule has 0 atom stereocenters. The molecule has 86 valence electrons. The molecule has 2 aromatic rings. The van der Waals surface area contributed by atoms with Gasteiger partial charge >= 0.3 is 0 Å². The summed E-state index contributed by atoms with van der Waals surface area (Å²) in [4.78, 5) is 0. The van der Waals surface area contributed by atoms with Crippen molar-refractivity contribution >= 4 is 34.0 Å². The number of hydrogen-bond acceptors (Lipinski definition) is 5. The summed E-state index contributed by atoms with van der Waals surface area (Å²) in [6, 6.07) is 9.55. The summed E-state index contributed by atoms with van der Waals surface area (Å²) in [7, 11) is 0. The Balaban J connectivity index is 2.13. The smallest absolute Gasteiger partial charge is 0.157 e. The molecule has 6 heteroatoms. The highest BCUT2D eigenvalue weighted by molar-refractivity contribution is 7.10. The number of benzene rings is 1. The lowest BCUT2D eigenvalue weighted by atomic mass is 10.2. The molecule has 4 nitrogen and oxygen atoms in total. The van der Waals surface area contributed by atoms with E-state index in [2.05, 4.69) is 9.69 Å². The number of aromatic nitrogens is 1. The Kier molecular flexibility index (Phi) is 3.47. The Hall–Kier alpha value is -1.77. The Morgan fingerprint density at radius 2 is 2.24 bits per heavy atom. The summed E-state index contributed by atoms with van der Waals surface area (Å²) in [6.07, 6.45) is 0. The first-order valence-electron chi connectivity index (χ1n) is 4.85. The maximum atomic E-state index is 8.91. The van der Waals surface area contributed by atoms with E-state index in [1.807, 2.05) is 30.3 Å². The molecule has 17 heavy (non-hydrogen) atoms. The average Bonchev–Trinajstić information content (AvgIpc) is 2.69. The molecule has 0 aliphatic rings. The SMILES string of the molecule is N#Cc1c(N)nsc1NCc1ccccc1Cl. The molecule has 2 rings (SSSR count). The zero-order chi connectivity index (χ0) is 12.3. The maximum absolute atomic E-state index is 8.91. The van der Waals surface area contributed by atoms with Crippen LogP contribution in [0.15, 0.2) is 24.3 Å². The van der Waals surface area contributed by atoms with Crippen molar-refractivity contribution in [1.82, 2.24) is 4.37 Å². The van der Waals surface area contributed by atoms with Crippen LogP contribution in [0.5, 0.6) is 0 Å². The standard InChI is InChI=1S/C11H9ClN4S/c12-9-4-2-1-3-7(9)6-15-11-8(5-13)10(14)16-17-11/h1-4,15H,6H2,(H2,14,16). The zero-order valence-electron chi connectivity index (χ0n) is 8.77. The van der Waals surface area contributed by atoms with Crippen LogP contribution in [0, 0.1) is 11.3 Å². The fourth-order valence-electron chi connectivity index (χ4n) is 1.35. The van der Waals surface area contributed by atoms with E-state index in [1.165, 1.54) is 11.5 Å². The van der Waals surface area contributed by atoms with E-state index in [-0.39, 0.29) is 5.82 Å². The monoisotopic (exact) mass is 264 g/mol. The molecule has 3 N–H and O–H groups in total. The summed E-state index contributed by atoms with van der Waals surface area (Å²) < 4.78 is 3.92. The molecule has 0 amide bonds. The summed E-state index contributed by atoms with van der Waals surface area (Å²) in [6.45, 7) is 0.538. The summed E-state index contributed by atoms with van der Waals surface area (Å²) in [5.74, 6) is 0.263. The number of hydrogen-bond donors (Lipinski definition) is 2. The minimum Gasteiger partial charge on any atom is -0.382 e. The molecule has 0 aliphatic heterocycles. The van der Waals surface area contributed by atoms with Crippen molar-refractivity contribution in [2.24, 2.45) is 0 Å². The third-order valence-electron chi connectivity index (χ3n) is 2.23. The summed E-state index contributed by atoms with van der Waals surface area (Å²) in [5.41, 5.74) is 6.92. The van der Waals surface area contributed by atoms with Gasteiger partial charge in [0.25, 0.3) is 0 Å². The number of nitrogens with two attached hydrogens (primary N) is 1. The lowest BCUT2D eigenvalue weighted by molar-refractivity contribution is 1.16. The largest absolute Gasteiger partial charge is 0.382 e. The van der Waals surface area contributed by atoms with Crippen LogP contribution >= 0.6 is 23.1 Å². The second kappa shape index (κ2) is 5.04. The number of nitrogen functional groups attached to an aromatic ring is 1. The van der Waals surface area contributed by atoms with E-state index in [4.69, 9.17) is 22.6 Å². The van der Waals surface area contributed by atoms with Gasteiger partial charge in [-0.25, -0.2) is 0 Å². The molecular weight excluding hydrogens is 256 g/mol. The molecule has 0 spiro atoms. The first-order chi connectivity index (χ1) is 8.22. The number of nitrogens with zero attached hydrogens (tertiary/aromatic N) is 2. The maximum Gasteiger partial charge on any atom is 0.157 e. The molecule has 0 bridgehead atoms. The van der Waals surface area contributed by atoms with Gasteiger partial charge in [0.05, 0.1) is 0 Å². The van der Waals surface area contributed by atoms with Gasteiger partial charge in [-0.3, -0.25) is 0 Å². The van der Waals surface area contributed by atoms with Gasteiger partial charge < -0.3 is 11.1 Å². The van der Waals surface area contributed by atoms with Crippen LogP contribution in [0.1, 0.15) is 11.1 Å². The molecule has 1 aromatic carbocycles. The molecule has 1 heterocycles. The van der Waals surface area contributed by atoms with Crippen molar-refractivity contribution in [2.75, 3.05) is 11.1 Å². The van der Waals surface area contributed by atoms with Crippen LogP contribution in [-0.4, -0.2) is 4.37 Å². The number of nitrogens with one attached hydrogen (secondary N) is 1. The van der Waals surface area contributed by atoms with Gasteiger partial charge in [-0.15, -0.1) is 0 Å². The predicted octanol–water partition coefficient (Wildman–Crippen LogP) is 2.86. The van der Waals surface area contributed by atoms with Gasteiger partial charge in [-0.2, -0.15) is 9.64 Å². The van der Waals surface area contributed by atoms with Crippen molar-refractivity contribution in [3.8, 4) is 6.07 Å². The van der Waals surface area contributed by atoms with Crippen molar-refractivity contribution in [3.05, 3.63) is 40.4 Å². The number of anilines is 2. The molecule has 0 radical (unpaired) electrons. The highest BCUT2D eigenvalue weighted by Gasteiger charge is 2.10. The molecule has 0 saturated carbocycles. The van der Waals surface area contributed by atoms with E-state index < -0.39 is 0 Å². The van der Waals surface area contributed by atoms with Gasteiger partial charge in [0, 0.05) is 11.6 Å². The molecular formula is C11H9ClN4S. The van der Waals surface area contributed by atoms with Crippen LogP contribution in [0.3, 0.4) is 0 Å². The fourth-order valence-corrected chi connectivity index (χ4v) is 2.21. The van der Waals surface area contributed by atoms with Gasteiger partial charge in [0.15, 0.2) is 5.82 Å². The highest BCUT2D eigenvalue weighted by atomic mass is 35.5. The van der Waals surface area contributed by atoms with E-state index in [0.717, 1.165) is 5.56 Å². The lowest BCUT2D eigenvalue weighted by Crippen LogP contribution is -2.00. The van der Waals surface area contributed by atoms with Crippen molar-refractivity contribution < 1.29 is 0 Å². The molecule has 0 saturated heterocycles. The number of halogens is 1. The van der Waals surface area contributed by atoms with Crippen molar-refractivity contribution in [2.45, 2.75) is 6.54 Å². The summed E-state index contributed by atoms with van der Waals surface area (Å²) >= 11 is 7.20. The Morgan fingerprint density at radius 3 is 2.94 bits per heavy atom. The Labute approximate surface area is 108 Å². The lowest BCUT2D eigenvalue weighted by Gasteiger charge is -2.05. The second-order valence-electron chi connectivity index (χ2n) is 3.33. The minimum absolute atomic E-state index is 0.263. The molecule has 0 unspecified atom stereocenters. The third-order valence-corrected chi connectivity index (χ3v) is 3.42. The van der Waals surface area contributed by atoms with Crippen LogP contribution in [0.2, 0.25) is 5.02 Å². The van der Waals surface area contributed by atoms with Crippen molar-refractivity contribution in [1.29, 1.82) is 5.26 Å². The average molecular weight is 265 g/mol. The topological polar surface area (TPSA) is 74.7 Å². The van der Waals surface area contributed by atoms with Crippen LogP contribution in [0.25, 0.3) is 0 Å². The van der Waals surface area contributed by atoms with Gasteiger partial charge in [-0.1, -0.05) is 29.8 Å². The zero-order valence-corrected chi connectivity index (χ0v) is 10.3. The van der Waals surface area contributed by atoms with E-state index in [1.54, 1.807) is 0 Å². The first kappa shape index (κ1) is 11.7. The quantitative estimate of drug-likeness (QED) is 0.894. The number of rotatable bonds is 3. The third kappa shape index (κ3) is 2.49. The summed E-state index contributed by atoms with van der Waals surface area (Å²) in [5, 5.41) is 13.4. The molecule has 1 aromatic heterocycles. The fraction of sp³-hybridized carbons (Fsp3) is 0.0909. The van der Waals surface area contributed by atoms with E-state index >= 15 is 0 Å². The van der Waals surface area contributed by atoms with Crippen LogP contribution in [-0.2, 0) is 6.54 Å². The molecule has 0 aliphatic carbocycles. The number of nitriles is 1. The first-order valence-corrected chi connectivity index (χ1v) is 6.00. The Morgan fingerprint density at radius 1 is 1.47 bits per heavy atom.